The van der Waals surface area contributed by atoms with Crippen molar-refractivity contribution in [1.29, 1.82) is 0 Å². The summed E-state index contributed by atoms with van der Waals surface area (Å²) in [5.41, 5.74) is 6.13. The van der Waals surface area contributed by atoms with Crippen molar-refractivity contribution in [1.82, 2.24) is 0 Å². The molecular weight excluding hydrogens is 312 g/mol. The number of amides is 1. The minimum Gasteiger partial charge on any atom is -0.481 e. The number of nitrogens with two attached hydrogens (primary N) is 1. The van der Waals surface area contributed by atoms with E-state index in [-0.39, 0.29) is 30.6 Å². The molecule has 1 amide bonds. The van der Waals surface area contributed by atoms with Crippen molar-refractivity contribution in [2.75, 3.05) is 5.32 Å². The van der Waals surface area contributed by atoms with Gasteiger partial charge in [-0.1, -0.05) is 17.7 Å². The van der Waals surface area contributed by atoms with Crippen LogP contribution in [0.3, 0.4) is 0 Å². The summed E-state index contributed by atoms with van der Waals surface area (Å²) in [7, 11) is 0. The predicted octanol–water partition coefficient (Wildman–Crippen LogP) is 1.07. The number of nitrogens with one attached hydrogen (secondary N) is 1. The molecule has 128 valence electrons. The Hall–Kier alpha value is -2.41. The lowest BCUT2D eigenvalue weighted by Crippen LogP contribution is -2.50. The number of hydrogen-bond donors (Lipinski definition) is 4. The average molecular weight is 332 g/mol. The van der Waals surface area contributed by atoms with E-state index in [1.165, 1.54) is 0 Å². The van der Waals surface area contributed by atoms with Crippen molar-refractivity contribution in [3.05, 3.63) is 29.8 Å². The molecule has 0 saturated heterocycles. The van der Waals surface area contributed by atoms with Crippen molar-refractivity contribution >= 4 is 23.5 Å². The number of anilines is 1. The first-order valence-corrected chi connectivity index (χ1v) is 7.85. The summed E-state index contributed by atoms with van der Waals surface area (Å²) in [4.78, 5) is 35.0. The van der Waals surface area contributed by atoms with Crippen LogP contribution in [-0.4, -0.2) is 33.6 Å². The molecular formula is C17H20N2O5. The van der Waals surface area contributed by atoms with Gasteiger partial charge in [0.15, 0.2) is 0 Å². The average Bonchev–Trinajstić information content (AvgIpc) is 3.18. The van der Waals surface area contributed by atoms with Crippen LogP contribution in [0.25, 0.3) is 0 Å². The fourth-order valence-electron chi connectivity index (χ4n) is 4.13. The number of aryl methyl sites for hydroxylation is 1. The lowest BCUT2D eigenvalue weighted by molar-refractivity contribution is -0.146. The minimum absolute atomic E-state index is 0.0745. The Balaban J connectivity index is 1.69. The molecule has 2 saturated carbocycles. The van der Waals surface area contributed by atoms with E-state index in [4.69, 9.17) is 5.73 Å². The van der Waals surface area contributed by atoms with Gasteiger partial charge >= 0.3 is 11.9 Å². The maximum atomic E-state index is 12.2. The highest BCUT2D eigenvalue weighted by molar-refractivity contribution is 5.92. The largest absolute Gasteiger partial charge is 0.481 e. The number of carbonyl (C=O) groups is 3. The Bertz CT molecular complexity index is 701. The fraction of sp³-hybridized carbons (Fsp3) is 0.471. The number of carboxylic acids is 2. The highest BCUT2D eigenvalue weighted by Gasteiger charge is 2.73. The molecule has 5 atom stereocenters. The number of benzene rings is 1. The maximum Gasteiger partial charge on any atom is 0.324 e. The lowest BCUT2D eigenvalue weighted by atomic mass is 9.86. The fourth-order valence-corrected chi connectivity index (χ4v) is 4.13. The molecule has 2 unspecified atom stereocenters. The molecule has 0 aromatic heterocycles. The van der Waals surface area contributed by atoms with Crippen LogP contribution < -0.4 is 11.1 Å². The molecule has 3 rings (SSSR count). The molecule has 2 fully saturated rings. The van der Waals surface area contributed by atoms with Gasteiger partial charge < -0.3 is 21.3 Å². The molecule has 0 aliphatic heterocycles. The molecule has 1 aromatic carbocycles. The maximum absolute atomic E-state index is 12.2. The van der Waals surface area contributed by atoms with Gasteiger partial charge in [-0.3, -0.25) is 14.4 Å². The third-order valence-electron chi connectivity index (χ3n) is 5.28. The van der Waals surface area contributed by atoms with E-state index in [2.05, 4.69) is 5.32 Å². The third-order valence-corrected chi connectivity index (χ3v) is 5.28. The van der Waals surface area contributed by atoms with Gasteiger partial charge in [0, 0.05) is 18.0 Å². The molecule has 0 heterocycles. The number of fused-ring (bicyclic) bond motifs is 1. The van der Waals surface area contributed by atoms with E-state index >= 15 is 0 Å². The van der Waals surface area contributed by atoms with Gasteiger partial charge in [-0.25, -0.2) is 0 Å². The van der Waals surface area contributed by atoms with E-state index in [9.17, 15) is 24.6 Å². The first-order chi connectivity index (χ1) is 11.2. The monoisotopic (exact) mass is 332 g/mol. The van der Waals surface area contributed by atoms with E-state index in [0.717, 1.165) is 5.56 Å². The summed E-state index contributed by atoms with van der Waals surface area (Å²) in [6, 6.07) is 7.31. The summed E-state index contributed by atoms with van der Waals surface area (Å²) >= 11 is 0. The zero-order chi connectivity index (χ0) is 17.6. The van der Waals surface area contributed by atoms with Gasteiger partial charge in [0.2, 0.25) is 5.91 Å². The quantitative estimate of drug-likeness (QED) is 0.638. The van der Waals surface area contributed by atoms with E-state index < -0.39 is 29.3 Å². The van der Waals surface area contributed by atoms with Crippen molar-refractivity contribution in [2.24, 2.45) is 29.4 Å². The first-order valence-electron chi connectivity index (χ1n) is 7.85. The zero-order valence-corrected chi connectivity index (χ0v) is 13.2. The van der Waals surface area contributed by atoms with Crippen molar-refractivity contribution in [3.8, 4) is 0 Å². The molecule has 0 spiro atoms. The van der Waals surface area contributed by atoms with Gasteiger partial charge in [0.25, 0.3) is 0 Å². The third kappa shape index (κ3) is 2.65. The number of rotatable bonds is 5. The smallest absolute Gasteiger partial charge is 0.324 e. The zero-order valence-electron chi connectivity index (χ0n) is 13.2. The molecule has 0 radical (unpaired) electrons. The Morgan fingerprint density at radius 1 is 1.25 bits per heavy atom. The standard InChI is InChI=1S/C17H20N2O5/c1-8-2-4-10(5-3-8)19-11(20)6-9-7-17(18,16(23)24)14-12(9)13(14)15(21)22/h2-5,9,12-14H,6-7,18H2,1H3,(H,19,20)(H,21,22)(H,23,24)/t9-,12?,13-,14?,17-/m0/s1. The van der Waals surface area contributed by atoms with Crippen LogP contribution in [0.4, 0.5) is 5.69 Å². The SMILES string of the molecule is Cc1ccc(NC(=O)C[C@H]2C[C@@](N)(C(=O)O)C3C2[C@@H]3C(=O)O)cc1. The first kappa shape index (κ1) is 16.4. The molecule has 2 aliphatic carbocycles. The van der Waals surface area contributed by atoms with Crippen molar-refractivity contribution in [3.63, 3.8) is 0 Å². The summed E-state index contributed by atoms with van der Waals surface area (Å²) in [6.45, 7) is 1.94. The normalized spacial score (nSPS) is 33.6. The number of carbonyl (C=O) groups excluding carboxylic acids is 1. The van der Waals surface area contributed by atoms with E-state index in [0.29, 0.717) is 5.69 Å². The molecule has 7 nitrogen and oxygen atoms in total. The summed E-state index contributed by atoms with van der Waals surface area (Å²) < 4.78 is 0. The second kappa shape index (κ2) is 5.59. The number of aliphatic carboxylic acids is 2. The van der Waals surface area contributed by atoms with Crippen LogP contribution in [0.5, 0.6) is 0 Å². The van der Waals surface area contributed by atoms with Gasteiger partial charge in [-0.15, -0.1) is 0 Å². The van der Waals surface area contributed by atoms with Gasteiger partial charge in [-0.05, 0) is 37.3 Å². The Morgan fingerprint density at radius 3 is 2.42 bits per heavy atom. The predicted molar refractivity (Wildman–Crippen MR) is 85.2 cm³/mol. The van der Waals surface area contributed by atoms with E-state index in [1.54, 1.807) is 12.1 Å². The molecule has 24 heavy (non-hydrogen) atoms. The van der Waals surface area contributed by atoms with Crippen LogP contribution in [-0.2, 0) is 14.4 Å². The topological polar surface area (TPSA) is 130 Å². The summed E-state index contributed by atoms with van der Waals surface area (Å²) in [5.74, 6) is -4.52. The summed E-state index contributed by atoms with van der Waals surface area (Å²) in [5, 5.41) is 21.4. The molecule has 2 aliphatic rings. The van der Waals surface area contributed by atoms with Crippen LogP contribution in [0, 0.1) is 30.6 Å². The van der Waals surface area contributed by atoms with Crippen LogP contribution in [0.15, 0.2) is 24.3 Å². The molecule has 5 N–H and O–H groups in total. The van der Waals surface area contributed by atoms with Crippen molar-refractivity contribution < 1.29 is 24.6 Å². The summed E-state index contributed by atoms with van der Waals surface area (Å²) in [6.07, 6.45) is 0.202. The Kier molecular flexibility index (Phi) is 3.83. The number of carboxylic acid groups (broad SMARTS) is 2. The molecule has 0 bridgehead atoms. The Labute approximate surface area is 138 Å². The van der Waals surface area contributed by atoms with Crippen LogP contribution >= 0.6 is 0 Å². The Morgan fingerprint density at radius 2 is 1.88 bits per heavy atom. The second-order valence-electron chi connectivity index (χ2n) is 6.90. The van der Waals surface area contributed by atoms with Gasteiger partial charge in [-0.2, -0.15) is 0 Å². The van der Waals surface area contributed by atoms with Gasteiger partial charge in [0.1, 0.15) is 5.54 Å². The second-order valence-corrected chi connectivity index (χ2v) is 6.90. The lowest BCUT2D eigenvalue weighted by Gasteiger charge is -2.24. The van der Waals surface area contributed by atoms with Gasteiger partial charge in [0.05, 0.1) is 5.92 Å². The van der Waals surface area contributed by atoms with Crippen LogP contribution in [0.2, 0.25) is 0 Å². The molecule has 7 heteroatoms. The van der Waals surface area contributed by atoms with Crippen LogP contribution in [0.1, 0.15) is 18.4 Å². The highest BCUT2D eigenvalue weighted by atomic mass is 16.4. The highest BCUT2D eigenvalue weighted by Crippen LogP contribution is 2.65. The number of hydrogen-bond acceptors (Lipinski definition) is 4. The minimum atomic E-state index is -1.55. The van der Waals surface area contributed by atoms with Crippen molar-refractivity contribution in [2.45, 2.75) is 25.3 Å². The van der Waals surface area contributed by atoms with E-state index in [1.807, 2.05) is 19.1 Å². The molecule has 1 aromatic rings.